The highest BCUT2D eigenvalue weighted by molar-refractivity contribution is 6.45. The third kappa shape index (κ3) is 8.76. The van der Waals surface area contributed by atoms with E-state index in [4.69, 9.17) is 0 Å². The lowest BCUT2D eigenvalue weighted by Crippen LogP contribution is -2.42. The van der Waals surface area contributed by atoms with E-state index in [0.29, 0.717) is 6.42 Å². The molecule has 0 aliphatic rings. The normalized spacial score (nSPS) is 12.7. The van der Waals surface area contributed by atoms with Crippen LogP contribution in [-0.2, 0) is 14.4 Å². The summed E-state index contributed by atoms with van der Waals surface area (Å²) >= 11 is 0. The molecule has 0 spiro atoms. The number of hydrogen-bond donors (Lipinski definition) is 2. The van der Waals surface area contributed by atoms with Crippen molar-refractivity contribution in [3.8, 4) is 11.8 Å². The van der Waals surface area contributed by atoms with Gasteiger partial charge in [0, 0.05) is 6.42 Å². The molecule has 0 aromatic heterocycles. The maximum Gasteiger partial charge on any atom is 0.274 e. The summed E-state index contributed by atoms with van der Waals surface area (Å²) in [6, 6.07) is 0. The van der Waals surface area contributed by atoms with Crippen LogP contribution in [0.15, 0.2) is 12.2 Å². The second-order valence-electron chi connectivity index (χ2n) is 5.90. The molecule has 0 saturated carbocycles. The van der Waals surface area contributed by atoms with Crippen LogP contribution < -0.4 is 0 Å². The monoisotopic (exact) mass is 336 g/mol. The molecule has 2 N–H and O–H groups in total. The number of carbonyl (C=O) groups is 3. The van der Waals surface area contributed by atoms with Gasteiger partial charge in [-0.05, 0) is 24.8 Å². The van der Waals surface area contributed by atoms with Gasteiger partial charge in [-0.2, -0.15) is 0 Å². The molecular formula is C19H28O5. The summed E-state index contributed by atoms with van der Waals surface area (Å²) in [5.74, 6) is 1.51. The summed E-state index contributed by atoms with van der Waals surface area (Å²) < 4.78 is 0. The summed E-state index contributed by atoms with van der Waals surface area (Å²) in [5, 5.41) is 19.1. The Hall–Kier alpha value is -1.77. The molecule has 0 aliphatic carbocycles. The first-order valence-electron chi connectivity index (χ1n) is 8.45. The third-order valence-electron chi connectivity index (χ3n) is 3.59. The predicted molar refractivity (Wildman–Crippen MR) is 92.2 cm³/mol. The fraction of sp³-hybridized carbons (Fsp3) is 0.632. The van der Waals surface area contributed by atoms with Crippen LogP contribution >= 0.6 is 0 Å². The minimum absolute atomic E-state index is 0.00757. The van der Waals surface area contributed by atoms with Gasteiger partial charge in [0.2, 0.25) is 5.78 Å². The van der Waals surface area contributed by atoms with Gasteiger partial charge in [0.25, 0.3) is 5.78 Å². The second kappa shape index (κ2) is 12.6. The highest BCUT2D eigenvalue weighted by Gasteiger charge is 2.33. The van der Waals surface area contributed by atoms with Crippen molar-refractivity contribution in [3.05, 3.63) is 12.2 Å². The van der Waals surface area contributed by atoms with Crippen molar-refractivity contribution in [2.75, 3.05) is 0 Å². The Balaban J connectivity index is 4.17. The molecule has 0 bridgehead atoms. The number of carbonyl (C=O) groups excluding carboxylic acids is 3. The molecule has 0 fully saturated rings. The molecule has 0 aliphatic heterocycles. The molecule has 0 rings (SSSR count). The van der Waals surface area contributed by atoms with Gasteiger partial charge < -0.3 is 10.2 Å². The molecule has 0 aromatic rings. The summed E-state index contributed by atoms with van der Waals surface area (Å²) in [5.41, 5.74) is -0.00757. The largest absolute Gasteiger partial charge is 0.382 e. The molecular weight excluding hydrogens is 308 g/mol. The molecule has 0 radical (unpaired) electrons. The Morgan fingerprint density at radius 1 is 0.917 bits per heavy atom. The van der Waals surface area contributed by atoms with Crippen molar-refractivity contribution in [1.29, 1.82) is 0 Å². The van der Waals surface area contributed by atoms with E-state index in [2.05, 4.69) is 25.3 Å². The highest BCUT2D eigenvalue weighted by Crippen LogP contribution is 2.08. The van der Waals surface area contributed by atoms with Crippen LogP contribution in [0.5, 0.6) is 0 Å². The number of aliphatic hydroxyl groups is 2. The fourth-order valence-electron chi connectivity index (χ4n) is 2.05. The van der Waals surface area contributed by atoms with E-state index in [0.717, 1.165) is 19.3 Å². The first kappa shape index (κ1) is 22.2. The number of hydrogen-bond acceptors (Lipinski definition) is 5. The van der Waals surface area contributed by atoms with E-state index in [9.17, 15) is 24.6 Å². The molecule has 5 nitrogen and oxygen atoms in total. The van der Waals surface area contributed by atoms with Gasteiger partial charge in [-0.15, -0.1) is 0 Å². The van der Waals surface area contributed by atoms with E-state index in [-0.39, 0.29) is 5.57 Å². The first-order valence-corrected chi connectivity index (χ1v) is 8.45. The van der Waals surface area contributed by atoms with Gasteiger partial charge in [-0.3, -0.25) is 14.4 Å². The van der Waals surface area contributed by atoms with Gasteiger partial charge in [0.15, 0.2) is 11.9 Å². The van der Waals surface area contributed by atoms with Crippen LogP contribution in [0.3, 0.4) is 0 Å². The van der Waals surface area contributed by atoms with Crippen LogP contribution in [0, 0.1) is 11.8 Å². The first-order chi connectivity index (χ1) is 11.3. The highest BCUT2D eigenvalue weighted by atomic mass is 16.3. The number of Topliss-reactive ketones (excluding diaryl/α,β-unsaturated/α-hetero) is 3. The fourth-order valence-corrected chi connectivity index (χ4v) is 2.05. The lowest BCUT2D eigenvalue weighted by atomic mass is 9.99. The second-order valence-corrected chi connectivity index (χ2v) is 5.90. The minimum Gasteiger partial charge on any atom is -0.382 e. The smallest absolute Gasteiger partial charge is 0.274 e. The van der Waals surface area contributed by atoms with E-state index >= 15 is 0 Å². The third-order valence-corrected chi connectivity index (χ3v) is 3.59. The van der Waals surface area contributed by atoms with E-state index < -0.39 is 29.6 Å². The molecule has 134 valence electrons. The SMILES string of the molecule is C=C(C)C(=O)C(O)C(O)C(=O)C(=O)C#CCCCCCCCCC. The Morgan fingerprint density at radius 3 is 1.96 bits per heavy atom. The predicted octanol–water partition coefficient (Wildman–Crippen LogP) is 2.14. The number of aliphatic hydroxyl groups excluding tert-OH is 2. The van der Waals surface area contributed by atoms with Crippen LogP contribution in [0.1, 0.15) is 65.2 Å². The van der Waals surface area contributed by atoms with Crippen LogP contribution in [-0.4, -0.2) is 39.8 Å². The molecule has 0 heterocycles. The van der Waals surface area contributed by atoms with Crippen molar-refractivity contribution < 1.29 is 24.6 Å². The van der Waals surface area contributed by atoms with Crippen molar-refractivity contribution in [2.24, 2.45) is 0 Å². The zero-order valence-corrected chi connectivity index (χ0v) is 14.6. The van der Waals surface area contributed by atoms with Gasteiger partial charge in [0.1, 0.15) is 6.10 Å². The number of ketones is 3. The number of unbranched alkanes of at least 4 members (excludes halogenated alkanes) is 7. The van der Waals surface area contributed by atoms with Crippen molar-refractivity contribution in [1.82, 2.24) is 0 Å². The van der Waals surface area contributed by atoms with Crippen molar-refractivity contribution in [3.63, 3.8) is 0 Å². The molecule has 2 atom stereocenters. The van der Waals surface area contributed by atoms with Crippen molar-refractivity contribution >= 4 is 17.3 Å². The van der Waals surface area contributed by atoms with Crippen LogP contribution in [0.25, 0.3) is 0 Å². The quantitative estimate of drug-likeness (QED) is 0.187. The molecule has 0 saturated heterocycles. The number of rotatable bonds is 12. The summed E-state index contributed by atoms with van der Waals surface area (Å²) in [6.07, 6.45) is 4.29. The Morgan fingerprint density at radius 2 is 1.42 bits per heavy atom. The molecule has 24 heavy (non-hydrogen) atoms. The van der Waals surface area contributed by atoms with Gasteiger partial charge in [0.05, 0.1) is 0 Å². The molecule has 2 unspecified atom stereocenters. The minimum atomic E-state index is -2.10. The molecule has 0 aromatic carbocycles. The summed E-state index contributed by atoms with van der Waals surface area (Å²) in [7, 11) is 0. The van der Waals surface area contributed by atoms with E-state index in [1.54, 1.807) is 0 Å². The Labute approximate surface area is 144 Å². The van der Waals surface area contributed by atoms with Crippen LogP contribution in [0.4, 0.5) is 0 Å². The molecule has 0 amide bonds. The van der Waals surface area contributed by atoms with Gasteiger partial charge >= 0.3 is 0 Å². The topological polar surface area (TPSA) is 91.7 Å². The Bertz CT molecular complexity index is 510. The van der Waals surface area contributed by atoms with E-state index in [1.807, 2.05) is 0 Å². The Kier molecular flexibility index (Phi) is 11.7. The van der Waals surface area contributed by atoms with Gasteiger partial charge in [-0.1, -0.05) is 57.9 Å². The zero-order chi connectivity index (χ0) is 18.5. The lowest BCUT2D eigenvalue weighted by molar-refractivity contribution is -0.146. The summed E-state index contributed by atoms with van der Waals surface area (Å²) in [4.78, 5) is 34.6. The zero-order valence-electron chi connectivity index (χ0n) is 14.6. The lowest BCUT2D eigenvalue weighted by Gasteiger charge is -2.13. The van der Waals surface area contributed by atoms with Crippen molar-refractivity contribution in [2.45, 2.75) is 77.4 Å². The van der Waals surface area contributed by atoms with Gasteiger partial charge in [-0.25, -0.2) is 0 Å². The maximum absolute atomic E-state index is 11.6. The average Bonchev–Trinajstić information content (AvgIpc) is 2.57. The maximum atomic E-state index is 11.6. The average molecular weight is 336 g/mol. The van der Waals surface area contributed by atoms with Crippen LogP contribution in [0.2, 0.25) is 0 Å². The molecule has 5 heteroatoms. The summed E-state index contributed by atoms with van der Waals surface area (Å²) in [6.45, 7) is 6.82. The standard InChI is InChI=1S/C19H28O5/c1-4-5-6-7-8-9-10-11-12-13-15(20)17(22)19(24)18(23)16(21)14(2)3/h18-19,23-24H,2,4-11H2,1,3H3. The van der Waals surface area contributed by atoms with E-state index in [1.165, 1.54) is 32.6 Å².